The number of aliphatic carboxylic acids is 1. The lowest BCUT2D eigenvalue weighted by Crippen LogP contribution is -2.28. The van der Waals surface area contributed by atoms with E-state index >= 15 is 0 Å². The first-order valence-electron chi connectivity index (χ1n) is 22.2. The molecule has 1 unspecified atom stereocenters. The lowest BCUT2D eigenvalue weighted by atomic mass is 10.0. The summed E-state index contributed by atoms with van der Waals surface area (Å²) in [5, 5.41) is 11.1. The lowest BCUT2D eigenvalue weighted by molar-refractivity contribution is -0.150. The van der Waals surface area contributed by atoms with E-state index in [9.17, 15) is 14.4 Å². The van der Waals surface area contributed by atoms with E-state index in [1.807, 2.05) is 0 Å². The predicted octanol–water partition coefficient (Wildman–Crippen LogP) is 13.6. The number of amides is 1. The summed E-state index contributed by atoms with van der Waals surface area (Å²) in [5.41, 5.74) is 0. The van der Waals surface area contributed by atoms with Gasteiger partial charge in [-0.15, -0.1) is 0 Å². The van der Waals surface area contributed by atoms with E-state index in [4.69, 9.17) is 9.84 Å². The molecule has 1 atom stereocenters. The zero-order valence-electron chi connectivity index (χ0n) is 33.5. The molecule has 0 aliphatic rings. The molecular weight excluding hydrogens is 622 g/mol. The molecule has 1 amide bonds. The van der Waals surface area contributed by atoms with Crippen LogP contribution in [0, 0.1) is 0 Å². The quantitative estimate of drug-likeness (QED) is 0.0487. The van der Waals surface area contributed by atoms with Gasteiger partial charge in [0.2, 0.25) is 5.91 Å². The summed E-state index contributed by atoms with van der Waals surface area (Å²) in [4.78, 5) is 35.0. The van der Waals surface area contributed by atoms with Crippen LogP contribution < -0.4 is 5.32 Å². The van der Waals surface area contributed by atoms with Crippen LogP contribution in [0.25, 0.3) is 0 Å². The van der Waals surface area contributed by atoms with Gasteiger partial charge in [-0.1, -0.05) is 200 Å². The number of hydrogen-bond acceptors (Lipinski definition) is 4. The van der Waals surface area contributed by atoms with E-state index in [-0.39, 0.29) is 24.5 Å². The molecule has 0 heterocycles. The molecule has 0 aliphatic carbocycles. The molecule has 0 saturated carbocycles. The van der Waals surface area contributed by atoms with Crippen LogP contribution in [0.15, 0.2) is 0 Å². The Bertz CT molecular complexity index is 742. The van der Waals surface area contributed by atoms with Crippen LogP contribution in [0.4, 0.5) is 0 Å². The van der Waals surface area contributed by atoms with Gasteiger partial charge >= 0.3 is 11.9 Å². The Morgan fingerprint density at radius 1 is 0.440 bits per heavy atom. The Hall–Kier alpha value is -1.59. The van der Waals surface area contributed by atoms with Gasteiger partial charge < -0.3 is 15.2 Å². The molecule has 0 saturated heterocycles. The smallest absolute Gasteiger partial charge is 0.322 e. The van der Waals surface area contributed by atoms with Crippen LogP contribution >= 0.6 is 0 Å². The van der Waals surface area contributed by atoms with Gasteiger partial charge in [-0.2, -0.15) is 0 Å². The Morgan fingerprint density at radius 2 is 0.740 bits per heavy atom. The van der Waals surface area contributed by atoms with Crippen molar-refractivity contribution < 1.29 is 24.2 Å². The Morgan fingerprint density at radius 3 is 1.08 bits per heavy atom. The first kappa shape index (κ1) is 48.4. The molecule has 0 rings (SSSR count). The number of hydrogen-bond donors (Lipinski definition) is 2. The molecule has 0 aromatic carbocycles. The van der Waals surface area contributed by atoms with Crippen LogP contribution in [0.5, 0.6) is 0 Å². The van der Waals surface area contributed by atoms with Gasteiger partial charge in [0.05, 0.1) is 0 Å². The molecule has 296 valence electrons. The molecule has 2 N–H and O–H groups in total. The number of carbonyl (C=O) groups excluding carboxylic acids is 2. The molecular formula is C44H85NO5. The van der Waals surface area contributed by atoms with Crippen molar-refractivity contribution in [1.29, 1.82) is 0 Å². The number of rotatable bonds is 41. The molecule has 50 heavy (non-hydrogen) atoms. The third-order valence-corrected chi connectivity index (χ3v) is 10.3. The number of carbonyl (C=O) groups is 3. The molecule has 0 aromatic heterocycles. The van der Waals surface area contributed by atoms with Crippen molar-refractivity contribution in [1.82, 2.24) is 5.32 Å². The largest absolute Gasteiger partial charge is 0.480 e. The van der Waals surface area contributed by atoms with Gasteiger partial charge in [-0.25, -0.2) is 0 Å². The fourth-order valence-electron chi connectivity index (χ4n) is 6.99. The van der Waals surface area contributed by atoms with E-state index in [0.29, 0.717) is 12.8 Å². The molecule has 6 heteroatoms. The van der Waals surface area contributed by atoms with Crippen LogP contribution in [0.2, 0.25) is 0 Å². The lowest BCUT2D eigenvalue weighted by Gasteiger charge is -2.18. The van der Waals surface area contributed by atoms with E-state index < -0.39 is 5.97 Å². The highest BCUT2D eigenvalue weighted by atomic mass is 16.5. The minimum absolute atomic E-state index is 0.00796. The minimum Gasteiger partial charge on any atom is -0.480 e. The molecule has 6 nitrogen and oxygen atoms in total. The van der Waals surface area contributed by atoms with Crippen LogP contribution in [0.1, 0.15) is 251 Å². The maximum Gasteiger partial charge on any atom is 0.322 e. The molecule has 0 bridgehead atoms. The van der Waals surface area contributed by atoms with Gasteiger partial charge in [0.15, 0.2) is 0 Å². The second kappa shape index (κ2) is 40.2. The van der Waals surface area contributed by atoms with Crippen molar-refractivity contribution in [3.63, 3.8) is 0 Å². The van der Waals surface area contributed by atoms with Gasteiger partial charge in [0.25, 0.3) is 0 Å². The van der Waals surface area contributed by atoms with Crippen molar-refractivity contribution in [2.45, 2.75) is 258 Å². The van der Waals surface area contributed by atoms with Crippen LogP contribution in [-0.4, -0.2) is 35.6 Å². The maximum absolute atomic E-state index is 12.8. The number of esters is 1. The van der Waals surface area contributed by atoms with E-state index in [2.05, 4.69) is 19.2 Å². The highest BCUT2D eigenvalue weighted by Crippen LogP contribution is 2.19. The SMILES string of the molecule is CCCCCCCCCCCCCCCCCCCC(=O)OC(CCCCCCCCCCCCC)CCCCCCCC(=O)NCC(=O)O. The topological polar surface area (TPSA) is 92.7 Å². The predicted molar refractivity (Wildman–Crippen MR) is 213 cm³/mol. The van der Waals surface area contributed by atoms with Crippen molar-refractivity contribution in [2.75, 3.05) is 6.54 Å². The second-order valence-corrected chi connectivity index (χ2v) is 15.3. The molecule has 0 aromatic rings. The Kier molecular flexibility index (Phi) is 38.9. The summed E-state index contributed by atoms with van der Waals surface area (Å²) in [6, 6.07) is 0. The molecule has 0 fully saturated rings. The zero-order chi connectivity index (χ0) is 36.6. The fourth-order valence-corrected chi connectivity index (χ4v) is 6.99. The third-order valence-electron chi connectivity index (χ3n) is 10.3. The van der Waals surface area contributed by atoms with Crippen molar-refractivity contribution >= 4 is 17.8 Å². The van der Waals surface area contributed by atoms with Crippen molar-refractivity contribution in [3.05, 3.63) is 0 Å². The van der Waals surface area contributed by atoms with E-state index in [1.54, 1.807) is 0 Å². The number of unbranched alkanes of at least 4 members (excludes halogenated alkanes) is 30. The average molecular weight is 708 g/mol. The minimum atomic E-state index is -1.01. The number of carboxylic acids is 1. The van der Waals surface area contributed by atoms with Crippen molar-refractivity contribution in [3.8, 4) is 0 Å². The first-order chi connectivity index (χ1) is 24.5. The van der Waals surface area contributed by atoms with Gasteiger partial charge in [-0.05, 0) is 38.5 Å². The summed E-state index contributed by atoms with van der Waals surface area (Å²) in [5.74, 6) is -1.21. The molecule has 0 radical (unpaired) electrons. The Labute approximate surface area is 310 Å². The fraction of sp³-hybridized carbons (Fsp3) is 0.932. The third kappa shape index (κ3) is 39.2. The summed E-state index contributed by atoms with van der Waals surface area (Å²) in [7, 11) is 0. The number of carboxylic acid groups (broad SMARTS) is 1. The summed E-state index contributed by atoms with van der Waals surface area (Å²) in [6.07, 6.45) is 45.1. The monoisotopic (exact) mass is 708 g/mol. The normalized spacial score (nSPS) is 11.9. The second-order valence-electron chi connectivity index (χ2n) is 15.3. The summed E-state index contributed by atoms with van der Waals surface area (Å²) < 4.78 is 6.04. The first-order valence-corrected chi connectivity index (χ1v) is 22.2. The highest BCUT2D eigenvalue weighted by Gasteiger charge is 2.14. The van der Waals surface area contributed by atoms with Crippen LogP contribution in [0.3, 0.4) is 0 Å². The van der Waals surface area contributed by atoms with Crippen molar-refractivity contribution in [2.24, 2.45) is 0 Å². The number of ether oxygens (including phenoxy) is 1. The zero-order valence-corrected chi connectivity index (χ0v) is 33.5. The van der Waals surface area contributed by atoms with Gasteiger partial charge in [0.1, 0.15) is 12.6 Å². The average Bonchev–Trinajstić information content (AvgIpc) is 3.10. The van der Waals surface area contributed by atoms with Crippen LogP contribution in [-0.2, 0) is 19.1 Å². The van der Waals surface area contributed by atoms with Gasteiger partial charge in [0, 0.05) is 12.8 Å². The van der Waals surface area contributed by atoms with E-state index in [1.165, 1.54) is 161 Å². The molecule has 0 aliphatic heterocycles. The summed E-state index contributed by atoms with van der Waals surface area (Å²) in [6.45, 7) is 4.25. The maximum atomic E-state index is 12.8. The standard InChI is InChI=1S/C44H85NO5/c1-3-5-7-9-11-13-15-16-17-18-19-20-22-24-26-31-35-39-44(49)50-41(36-32-28-25-23-21-14-12-10-8-6-4-2)37-33-29-27-30-34-38-42(46)45-40-43(47)48/h41H,3-40H2,1-2H3,(H,45,46)(H,47,48). The highest BCUT2D eigenvalue weighted by molar-refractivity contribution is 5.80. The summed E-state index contributed by atoms with van der Waals surface area (Å²) >= 11 is 0. The van der Waals surface area contributed by atoms with E-state index in [0.717, 1.165) is 64.2 Å². The molecule has 0 spiro atoms. The number of nitrogens with one attached hydrogen (secondary N) is 1. The Balaban J connectivity index is 4.05. The van der Waals surface area contributed by atoms with Gasteiger partial charge in [-0.3, -0.25) is 14.4 Å².